The van der Waals surface area contributed by atoms with E-state index in [1.165, 1.54) is 0 Å². The normalized spacial score (nSPS) is 10.5. The molecule has 0 fully saturated rings. The number of ether oxygens (including phenoxy) is 1. The molecule has 90 valence electrons. The third kappa shape index (κ3) is 2.82. The summed E-state index contributed by atoms with van der Waals surface area (Å²) in [6, 6.07) is 7.54. The quantitative estimate of drug-likeness (QED) is 0.854. The second kappa shape index (κ2) is 5.45. The predicted octanol–water partition coefficient (Wildman–Crippen LogP) is 1.85. The molecule has 1 aromatic heterocycles. The van der Waals surface area contributed by atoms with Crippen LogP contribution in [0.15, 0.2) is 28.8 Å². The highest BCUT2D eigenvalue weighted by Gasteiger charge is 2.08. The Bertz CT molecular complexity index is 482. The van der Waals surface area contributed by atoms with Gasteiger partial charge in [-0.15, -0.1) is 0 Å². The summed E-state index contributed by atoms with van der Waals surface area (Å²) in [5.74, 6) is 1.94. The highest BCUT2D eigenvalue weighted by atomic mass is 16.5. The second-order valence-corrected chi connectivity index (χ2v) is 3.53. The van der Waals surface area contributed by atoms with Gasteiger partial charge in [-0.25, -0.2) is 0 Å². The summed E-state index contributed by atoms with van der Waals surface area (Å²) in [4.78, 5) is 4.30. The van der Waals surface area contributed by atoms with Crippen LogP contribution >= 0.6 is 0 Å². The Morgan fingerprint density at radius 1 is 1.41 bits per heavy atom. The van der Waals surface area contributed by atoms with Gasteiger partial charge in [0.25, 0.3) is 5.89 Å². The fraction of sp³-hybridized carbons (Fsp3) is 0.333. The molecular formula is C12H15N3O2. The summed E-state index contributed by atoms with van der Waals surface area (Å²) in [5, 5.41) is 7.04. The zero-order chi connectivity index (χ0) is 12.1. The molecule has 0 bridgehead atoms. The summed E-state index contributed by atoms with van der Waals surface area (Å²) in [6.45, 7) is 3.52. The van der Waals surface area contributed by atoms with Gasteiger partial charge in [0.2, 0.25) is 0 Å². The first-order valence-corrected chi connectivity index (χ1v) is 5.51. The zero-order valence-electron chi connectivity index (χ0n) is 9.93. The molecule has 1 aromatic carbocycles. The standard InChI is InChI=1S/C12H15N3O2/c1-3-13-8-11-14-12(17-15-11)9-5-4-6-10(7-9)16-2/h4-7,13H,3,8H2,1-2H3. The number of nitrogens with zero attached hydrogens (tertiary/aromatic N) is 2. The molecule has 0 atom stereocenters. The fourth-order valence-corrected chi connectivity index (χ4v) is 1.44. The zero-order valence-corrected chi connectivity index (χ0v) is 9.93. The Labute approximate surface area is 99.8 Å². The second-order valence-electron chi connectivity index (χ2n) is 3.53. The summed E-state index contributed by atoms with van der Waals surface area (Å²) in [5.41, 5.74) is 0.861. The number of hydrogen-bond donors (Lipinski definition) is 1. The minimum atomic E-state index is 0.511. The number of hydrogen-bond acceptors (Lipinski definition) is 5. The maximum atomic E-state index is 5.19. The van der Waals surface area contributed by atoms with Gasteiger partial charge in [0.1, 0.15) is 5.75 Å². The van der Waals surface area contributed by atoms with Gasteiger partial charge in [0.15, 0.2) is 5.82 Å². The molecule has 0 spiro atoms. The predicted molar refractivity (Wildman–Crippen MR) is 63.7 cm³/mol. The summed E-state index contributed by atoms with van der Waals surface area (Å²) < 4.78 is 10.3. The van der Waals surface area contributed by atoms with Crippen LogP contribution in [0, 0.1) is 0 Å². The van der Waals surface area contributed by atoms with E-state index in [0.29, 0.717) is 18.3 Å². The van der Waals surface area contributed by atoms with E-state index in [9.17, 15) is 0 Å². The molecule has 5 nitrogen and oxygen atoms in total. The van der Waals surface area contributed by atoms with Crippen molar-refractivity contribution in [2.75, 3.05) is 13.7 Å². The fourth-order valence-electron chi connectivity index (χ4n) is 1.44. The topological polar surface area (TPSA) is 60.2 Å². The van der Waals surface area contributed by atoms with Crippen molar-refractivity contribution in [3.8, 4) is 17.2 Å². The van der Waals surface area contributed by atoms with Gasteiger partial charge in [-0.1, -0.05) is 18.1 Å². The van der Waals surface area contributed by atoms with Gasteiger partial charge in [0.05, 0.1) is 13.7 Å². The molecule has 0 aliphatic carbocycles. The maximum Gasteiger partial charge on any atom is 0.258 e. The largest absolute Gasteiger partial charge is 0.497 e. The van der Waals surface area contributed by atoms with Gasteiger partial charge in [-0.2, -0.15) is 4.98 Å². The van der Waals surface area contributed by atoms with Crippen LogP contribution in [0.5, 0.6) is 5.75 Å². The Hall–Kier alpha value is -1.88. The average Bonchev–Trinajstić information content (AvgIpc) is 2.85. The first-order valence-electron chi connectivity index (χ1n) is 5.51. The van der Waals surface area contributed by atoms with E-state index < -0.39 is 0 Å². The van der Waals surface area contributed by atoms with Crippen LogP contribution in [-0.2, 0) is 6.54 Å². The lowest BCUT2D eigenvalue weighted by Crippen LogP contribution is -2.12. The molecule has 0 amide bonds. The number of aromatic nitrogens is 2. The third-order valence-electron chi connectivity index (χ3n) is 2.32. The summed E-state index contributed by atoms with van der Waals surface area (Å²) >= 11 is 0. The van der Waals surface area contributed by atoms with Crippen molar-refractivity contribution < 1.29 is 9.26 Å². The minimum absolute atomic E-state index is 0.511. The smallest absolute Gasteiger partial charge is 0.258 e. The first kappa shape index (κ1) is 11.6. The van der Waals surface area contributed by atoms with Gasteiger partial charge >= 0.3 is 0 Å². The molecule has 0 unspecified atom stereocenters. The first-order chi connectivity index (χ1) is 8.33. The molecule has 1 N–H and O–H groups in total. The van der Waals surface area contributed by atoms with Gasteiger partial charge in [-0.05, 0) is 24.7 Å². The van der Waals surface area contributed by atoms with Crippen molar-refractivity contribution in [1.29, 1.82) is 0 Å². The molecule has 2 aromatic rings. The lowest BCUT2D eigenvalue weighted by atomic mass is 10.2. The molecule has 17 heavy (non-hydrogen) atoms. The van der Waals surface area contributed by atoms with E-state index in [-0.39, 0.29) is 0 Å². The van der Waals surface area contributed by atoms with E-state index >= 15 is 0 Å². The Balaban J connectivity index is 2.18. The van der Waals surface area contributed by atoms with Crippen LogP contribution in [0.25, 0.3) is 11.5 Å². The van der Waals surface area contributed by atoms with Crippen molar-refractivity contribution in [2.45, 2.75) is 13.5 Å². The van der Waals surface area contributed by atoms with Crippen LogP contribution in [0.3, 0.4) is 0 Å². The van der Waals surface area contributed by atoms with E-state index in [1.54, 1.807) is 7.11 Å². The Morgan fingerprint density at radius 2 is 2.29 bits per heavy atom. The van der Waals surface area contributed by atoms with Gasteiger partial charge in [-0.3, -0.25) is 0 Å². The van der Waals surface area contributed by atoms with Crippen molar-refractivity contribution in [1.82, 2.24) is 15.5 Å². The Morgan fingerprint density at radius 3 is 3.06 bits per heavy atom. The van der Waals surface area contributed by atoms with Crippen LogP contribution in [-0.4, -0.2) is 23.8 Å². The minimum Gasteiger partial charge on any atom is -0.497 e. The molecule has 0 aliphatic heterocycles. The van der Waals surface area contributed by atoms with Gasteiger partial charge in [0, 0.05) is 5.56 Å². The van der Waals surface area contributed by atoms with Crippen molar-refractivity contribution in [3.05, 3.63) is 30.1 Å². The number of methoxy groups -OCH3 is 1. The summed E-state index contributed by atoms with van der Waals surface area (Å²) in [6.07, 6.45) is 0. The lowest BCUT2D eigenvalue weighted by molar-refractivity contribution is 0.411. The van der Waals surface area contributed by atoms with Crippen LogP contribution < -0.4 is 10.1 Å². The molecule has 0 saturated heterocycles. The van der Waals surface area contributed by atoms with Crippen LogP contribution in [0.1, 0.15) is 12.7 Å². The van der Waals surface area contributed by atoms with E-state index in [2.05, 4.69) is 15.5 Å². The van der Waals surface area contributed by atoms with Gasteiger partial charge < -0.3 is 14.6 Å². The molecule has 0 saturated carbocycles. The molecule has 1 heterocycles. The lowest BCUT2D eigenvalue weighted by Gasteiger charge is -1.99. The molecular weight excluding hydrogens is 218 g/mol. The number of benzene rings is 1. The average molecular weight is 233 g/mol. The monoisotopic (exact) mass is 233 g/mol. The van der Waals surface area contributed by atoms with E-state index in [1.807, 2.05) is 31.2 Å². The summed E-state index contributed by atoms with van der Waals surface area (Å²) in [7, 11) is 1.63. The van der Waals surface area contributed by atoms with Crippen LogP contribution in [0.2, 0.25) is 0 Å². The number of nitrogens with one attached hydrogen (secondary N) is 1. The SMILES string of the molecule is CCNCc1noc(-c2cccc(OC)c2)n1. The molecule has 0 radical (unpaired) electrons. The molecule has 0 aliphatic rings. The Kier molecular flexibility index (Phi) is 3.72. The molecule has 5 heteroatoms. The van der Waals surface area contributed by atoms with Crippen LogP contribution in [0.4, 0.5) is 0 Å². The number of rotatable bonds is 5. The highest BCUT2D eigenvalue weighted by Crippen LogP contribution is 2.21. The molecule has 2 rings (SSSR count). The van der Waals surface area contributed by atoms with E-state index in [4.69, 9.17) is 9.26 Å². The van der Waals surface area contributed by atoms with Crippen molar-refractivity contribution in [3.63, 3.8) is 0 Å². The maximum absolute atomic E-state index is 5.19. The highest BCUT2D eigenvalue weighted by molar-refractivity contribution is 5.55. The van der Waals surface area contributed by atoms with Crippen molar-refractivity contribution in [2.24, 2.45) is 0 Å². The van der Waals surface area contributed by atoms with Crippen molar-refractivity contribution >= 4 is 0 Å². The third-order valence-corrected chi connectivity index (χ3v) is 2.32. The van der Waals surface area contributed by atoms with E-state index in [0.717, 1.165) is 17.9 Å².